The molecule has 1 spiro atoms. The molecule has 0 fully saturated rings. The first kappa shape index (κ1) is 21.6. The Balaban J connectivity index is 1.22. The average Bonchev–Trinajstić information content (AvgIpc) is 3.52. The number of hydrogen-bond acceptors (Lipinski definition) is 5. The summed E-state index contributed by atoms with van der Waals surface area (Å²) < 4.78 is 17.0. The minimum absolute atomic E-state index is 0.0937. The summed E-state index contributed by atoms with van der Waals surface area (Å²) in [6.45, 7) is 2.80. The van der Waals surface area contributed by atoms with E-state index >= 15 is 0 Å². The van der Waals surface area contributed by atoms with E-state index in [9.17, 15) is 9.59 Å². The monoisotopic (exact) mass is 491 g/mol. The summed E-state index contributed by atoms with van der Waals surface area (Å²) in [5.41, 5.74) is 3.01. The van der Waals surface area contributed by atoms with Gasteiger partial charge in [0.25, 0.3) is 0 Å². The fourth-order valence-corrected chi connectivity index (χ4v) is 5.09. The topological polar surface area (TPSA) is 89.1 Å². The van der Waals surface area contributed by atoms with Crippen LogP contribution in [0.1, 0.15) is 16.7 Å². The van der Waals surface area contributed by atoms with Crippen molar-refractivity contribution in [2.24, 2.45) is 0 Å². The van der Waals surface area contributed by atoms with Gasteiger partial charge >= 0.3 is 6.03 Å². The minimum Gasteiger partial charge on any atom is -0.491 e. The molecule has 3 aliphatic rings. The lowest BCUT2D eigenvalue weighted by Gasteiger charge is -2.23. The number of ether oxygens (including phenoxy) is 3. The van der Waals surface area contributed by atoms with Gasteiger partial charge in [0.2, 0.25) is 12.7 Å². The highest BCUT2D eigenvalue weighted by molar-refractivity contribution is 6.31. The number of carbonyl (C=O) groups is 2. The highest BCUT2D eigenvalue weighted by Crippen LogP contribution is 2.54. The Hall–Kier alpha value is -3.91. The summed E-state index contributed by atoms with van der Waals surface area (Å²) in [6, 6.07) is 16.3. The third-order valence-electron chi connectivity index (χ3n) is 6.69. The molecular weight excluding hydrogens is 470 g/mol. The molecule has 3 aromatic rings. The molecular formula is C26H22ClN3O5. The SMILES string of the molecule is Cc1ccc(NC(=O)NCCN2C(=O)C3(COc4cc5c(cc43)OCO5)c3ccccc32)cc1Cl. The number of anilines is 2. The Bertz CT molecular complexity index is 1380. The molecule has 0 aromatic heterocycles. The second-order valence-corrected chi connectivity index (χ2v) is 9.12. The highest BCUT2D eigenvalue weighted by atomic mass is 35.5. The van der Waals surface area contributed by atoms with Gasteiger partial charge in [-0.05, 0) is 42.3 Å². The maximum Gasteiger partial charge on any atom is 0.319 e. The van der Waals surface area contributed by atoms with Crippen LogP contribution >= 0.6 is 11.6 Å². The van der Waals surface area contributed by atoms with E-state index in [1.165, 1.54) is 0 Å². The molecule has 0 aliphatic carbocycles. The van der Waals surface area contributed by atoms with Crippen molar-refractivity contribution in [3.05, 3.63) is 76.3 Å². The number of amides is 3. The first-order valence-corrected chi connectivity index (χ1v) is 11.6. The van der Waals surface area contributed by atoms with Crippen molar-refractivity contribution in [2.45, 2.75) is 12.3 Å². The van der Waals surface area contributed by atoms with Crippen molar-refractivity contribution < 1.29 is 23.8 Å². The standard InChI is InChI=1S/C26H22ClN3O5/c1-15-6-7-16(10-19(15)27)29-25(32)28-8-9-30-20-5-3-2-4-17(20)26(24(30)31)13-33-21-12-23-22(11-18(21)26)34-14-35-23/h2-7,10-12H,8-9,13-14H2,1H3,(H2,28,29,32). The maximum atomic E-state index is 13.9. The van der Waals surface area contributed by atoms with E-state index in [1.54, 1.807) is 23.1 Å². The summed E-state index contributed by atoms with van der Waals surface area (Å²) in [7, 11) is 0. The van der Waals surface area contributed by atoms with Gasteiger partial charge in [-0.2, -0.15) is 0 Å². The molecule has 35 heavy (non-hydrogen) atoms. The fourth-order valence-electron chi connectivity index (χ4n) is 4.91. The molecule has 0 saturated carbocycles. The smallest absolute Gasteiger partial charge is 0.319 e. The van der Waals surface area contributed by atoms with Crippen molar-refractivity contribution in [2.75, 3.05) is 36.7 Å². The Morgan fingerprint density at radius 1 is 1.03 bits per heavy atom. The Labute approximate surface area is 206 Å². The van der Waals surface area contributed by atoms with Gasteiger partial charge in [-0.25, -0.2) is 4.79 Å². The van der Waals surface area contributed by atoms with Crippen LogP contribution < -0.4 is 29.7 Å². The maximum absolute atomic E-state index is 13.9. The third-order valence-corrected chi connectivity index (χ3v) is 7.10. The molecule has 8 nitrogen and oxygen atoms in total. The number of hydrogen-bond donors (Lipinski definition) is 2. The van der Waals surface area contributed by atoms with Crippen LogP contribution in [-0.4, -0.2) is 38.4 Å². The minimum atomic E-state index is -0.964. The average molecular weight is 492 g/mol. The van der Waals surface area contributed by atoms with Crippen LogP contribution in [0.3, 0.4) is 0 Å². The highest BCUT2D eigenvalue weighted by Gasteiger charge is 2.57. The molecule has 6 rings (SSSR count). The Kier molecular flexibility index (Phi) is 5.00. The molecule has 1 unspecified atom stereocenters. The summed E-state index contributed by atoms with van der Waals surface area (Å²) in [6.07, 6.45) is 0. The molecule has 3 aliphatic heterocycles. The van der Waals surface area contributed by atoms with Crippen molar-refractivity contribution in [1.29, 1.82) is 0 Å². The zero-order chi connectivity index (χ0) is 24.2. The van der Waals surface area contributed by atoms with Crippen molar-refractivity contribution in [1.82, 2.24) is 5.32 Å². The molecule has 0 bridgehead atoms. The number of benzene rings is 3. The van der Waals surface area contributed by atoms with Gasteiger partial charge in [0.1, 0.15) is 17.8 Å². The fraction of sp³-hybridized carbons (Fsp3) is 0.231. The van der Waals surface area contributed by atoms with E-state index in [0.717, 1.165) is 22.4 Å². The number of aryl methyl sites for hydroxylation is 1. The quantitative estimate of drug-likeness (QED) is 0.570. The number of halogens is 1. The van der Waals surface area contributed by atoms with E-state index in [2.05, 4.69) is 10.6 Å². The first-order valence-electron chi connectivity index (χ1n) is 11.3. The van der Waals surface area contributed by atoms with Crippen molar-refractivity contribution >= 4 is 34.9 Å². The van der Waals surface area contributed by atoms with E-state index in [0.29, 0.717) is 34.5 Å². The third kappa shape index (κ3) is 3.36. The van der Waals surface area contributed by atoms with Gasteiger partial charge in [0, 0.05) is 41.1 Å². The number of rotatable bonds is 4. The number of para-hydroxylation sites is 1. The van der Waals surface area contributed by atoms with Gasteiger partial charge in [0.15, 0.2) is 11.5 Å². The zero-order valence-corrected chi connectivity index (χ0v) is 19.6. The molecule has 3 aromatic carbocycles. The summed E-state index contributed by atoms with van der Waals surface area (Å²) in [5.74, 6) is 1.74. The predicted octanol–water partition coefficient (Wildman–Crippen LogP) is 4.22. The van der Waals surface area contributed by atoms with Crippen LogP contribution in [0.2, 0.25) is 5.02 Å². The van der Waals surface area contributed by atoms with E-state index in [-0.39, 0.29) is 31.9 Å². The van der Waals surface area contributed by atoms with Crippen molar-refractivity contribution in [3.8, 4) is 17.2 Å². The molecule has 1 atom stereocenters. The van der Waals surface area contributed by atoms with Crippen LogP contribution in [-0.2, 0) is 10.2 Å². The second-order valence-electron chi connectivity index (χ2n) is 8.71. The van der Waals surface area contributed by atoms with Gasteiger partial charge in [-0.1, -0.05) is 35.9 Å². The van der Waals surface area contributed by atoms with Gasteiger partial charge < -0.3 is 29.7 Å². The second kappa shape index (κ2) is 8.09. The zero-order valence-electron chi connectivity index (χ0n) is 18.9. The number of urea groups is 1. The Morgan fingerprint density at radius 3 is 2.66 bits per heavy atom. The molecule has 0 radical (unpaired) electrons. The molecule has 3 amide bonds. The molecule has 9 heteroatoms. The van der Waals surface area contributed by atoms with Gasteiger partial charge in [-0.3, -0.25) is 4.79 Å². The lowest BCUT2D eigenvalue weighted by atomic mass is 9.77. The number of carbonyl (C=O) groups excluding carboxylic acids is 2. The molecule has 178 valence electrons. The molecule has 3 heterocycles. The largest absolute Gasteiger partial charge is 0.491 e. The number of nitrogens with zero attached hydrogens (tertiary/aromatic N) is 1. The normalized spacial score (nSPS) is 18.9. The predicted molar refractivity (Wildman–Crippen MR) is 131 cm³/mol. The van der Waals surface area contributed by atoms with E-state index in [1.807, 2.05) is 43.3 Å². The summed E-state index contributed by atoms with van der Waals surface area (Å²) in [4.78, 5) is 28.0. The van der Waals surface area contributed by atoms with Crippen LogP contribution in [0.15, 0.2) is 54.6 Å². The van der Waals surface area contributed by atoms with E-state index < -0.39 is 5.41 Å². The van der Waals surface area contributed by atoms with Crippen LogP contribution in [0.4, 0.5) is 16.2 Å². The van der Waals surface area contributed by atoms with Gasteiger partial charge in [-0.15, -0.1) is 0 Å². The summed E-state index contributed by atoms with van der Waals surface area (Å²) >= 11 is 6.14. The molecule has 0 saturated heterocycles. The molecule has 2 N–H and O–H groups in total. The van der Waals surface area contributed by atoms with Gasteiger partial charge in [0.05, 0.1) is 0 Å². The van der Waals surface area contributed by atoms with Crippen LogP contribution in [0.5, 0.6) is 17.2 Å². The Morgan fingerprint density at radius 2 is 1.83 bits per heavy atom. The lowest BCUT2D eigenvalue weighted by molar-refractivity contribution is -0.122. The van der Waals surface area contributed by atoms with Crippen LogP contribution in [0, 0.1) is 6.92 Å². The van der Waals surface area contributed by atoms with Crippen molar-refractivity contribution in [3.63, 3.8) is 0 Å². The number of fused-ring (bicyclic) bond motifs is 5. The number of nitrogens with one attached hydrogen (secondary N) is 2. The van der Waals surface area contributed by atoms with E-state index in [4.69, 9.17) is 25.8 Å². The summed E-state index contributed by atoms with van der Waals surface area (Å²) in [5, 5.41) is 6.17. The lowest BCUT2D eigenvalue weighted by Crippen LogP contribution is -2.45. The van der Waals surface area contributed by atoms with Crippen LogP contribution in [0.25, 0.3) is 0 Å². The first-order chi connectivity index (χ1) is 17.0.